The summed E-state index contributed by atoms with van der Waals surface area (Å²) >= 11 is 3.29. The first kappa shape index (κ1) is 14.1. The molecule has 1 heterocycles. The number of nitrogens with one attached hydrogen (secondary N) is 2. The Balaban J connectivity index is 3.01. The lowest BCUT2D eigenvalue weighted by Gasteiger charge is -2.29. The van der Waals surface area contributed by atoms with Crippen LogP contribution in [0.3, 0.4) is 0 Å². The molecule has 0 aliphatic carbocycles. The molecule has 96 valence electrons. The molecule has 17 heavy (non-hydrogen) atoms. The fourth-order valence-corrected chi connectivity index (χ4v) is 1.65. The summed E-state index contributed by atoms with van der Waals surface area (Å²) in [7, 11) is 1.70. The van der Waals surface area contributed by atoms with Crippen molar-refractivity contribution < 1.29 is 15.3 Å². The van der Waals surface area contributed by atoms with Crippen LogP contribution in [0, 0.1) is 0 Å². The third-order valence-electron chi connectivity index (χ3n) is 2.32. The number of aliphatic hydroxyl groups is 3. The topological polar surface area (TPSA) is 111 Å². The molecule has 0 aliphatic heterocycles. The van der Waals surface area contributed by atoms with Crippen LogP contribution in [0.25, 0.3) is 0 Å². The van der Waals surface area contributed by atoms with E-state index < -0.39 is 25.4 Å². The van der Waals surface area contributed by atoms with E-state index >= 15 is 0 Å². The molecule has 0 unspecified atom stereocenters. The van der Waals surface area contributed by atoms with E-state index in [1.165, 1.54) is 6.33 Å². The second-order valence-electron chi connectivity index (χ2n) is 3.51. The summed E-state index contributed by atoms with van der Waals surface area (Å²) in [5.74, 6) is 0.937. The number of aliphatic hydroxyl groups excluding tert-OH is 3. The first-order valence-corrected chi connectivity index (χ1v) is 5.70. The van der Waals surface area contributed by atoms with E-state index in [2.05, 4.69) is 36.5 Å². The van der Waals surface area contributed by atoms with Crippen LogP contribution in [0.2, 0.25) is 0 Å². The largest absolute Gasteiger partial charge is 0.394 e. The Morgan fingerprint density at radius 2 is 1.71 bits per heavy atom. The number of hydrogen-bond donors (Lipinski definition) is 5. The Labute approximate surface area is 107 Å². The van der Waals surface area contributed by atoms with E-state index in [0.29, 0.717) is 16.1 Å². The van der Waals surface area contributed by atoms with Crippen molar-refractivity contribution in [3.8, 4) is 0 Å². The molecule has 0 fully saturated rings. The van der Waals surface area contributed by atoms with Gasteiger partial charge in [-0.2, -0.15) is 0 Å². The highest BCUT2D eigenvalue weighted by atomic mass is 79.9. The summed E-state index contributed by atoms with van der Waals surface area (Å²) in [6.45, 7) is -1.28. The van der Waals surface area contributed by atoms with E-state index in [1.807, 2.05) is 0 Å². The van der Waals surface area contributed by atoms with Crippen molar-refractivity contribution in [1.29, 1.82) is 0 Å². The van der Waals surface area contributed by atoms with Crippen LogP contribution in [0.15, 0.2) is 10.8 Å². The van der Waals surface area contributed by atoms with Crippen molar-refractivity contribution >= 4 is 27.6 Å². The number of halogens is 1. The number of anilines is 2. The normalized spacial score (nSPS) is 11.4. The summed E-state index contributed by atoms with van der Waals surface area (Å²) in [6, 6.07) is 0. The summed E-state index contributed by atoms with van der Waals surface area (Å²) in [5, 5.41) is 33.2. The van der Waals surface area contributed by atoms with Crippen LogP contribution >= 0.6 is 15.9 Å². The Morgan fingerprint density at radius 1 is 1.18 bits per heavy atom. The zero-order valence-corrected chi connectivity index (χ0v) is 10.9. The van der Waals surface area contributed by atoms with Crippen LogP contribution < -0.4 is 10.6 Å². The molecular weight excluding hydrogens is 292 g/mol. The average Bonchev–Trinajstić information content (AvgIpc) is 2.38. The van der Waals surface area contributed by atoms with Crippen LogP contribution in [-0.2, 0) is 0 Å². The molecule has 5 N–H and O–H groups in total. The molecule has 0 spiro atoms. The van der Waals surface area contributed by atoms with E-state index in [4.69, 9.17) is 0 Å². The third-order valence-corrected chi connectivity index (χ3v) is 3.07. The number of aromatic nitrogens is 2. The molecule has 0 aliphatic rings. The molecule has 0 saturated carbocycles. The number of rotatable bonds is 6. The SMILES string of the molecule is CNc1ncnc(NC(CO)(CO)CO)c1Br. The van der Waals surface area contributed by atoms with Crippen molar-refractivity contribution in [2.45, 2.75) is 5.54 Å². The van der Waals surface area contributed by atoms with Gasteiger partial charge in [-0.15, -0.1) is 0 Å². The van der Waals surface area contributed by atoms with Crippen molar-refractivity contribution in [3.63, 3.8) is 0 Å². The van der Waals surface area contributed by atoms with Gasteiger partial charge in [0, 0.05) is 7.05 Å². The fourth-order valence-electron chi connectivity index (χ4n) is 1.15. The van der Waals surface area contributed by atoms with E-state index in [9.17, 15) is 15.3 Å². The van der Waals surface area contributed by atoms with Gasteiger partial charge in [0.05, 0.1) is 19.8 Å². The van der Waals surface area contributed by atoms with Crippen molar-refractivity contribution in [2.24, 2.45) is 0 Å². The molecule has 0 amide bonds. The lowest BCUT2D eigenvalue weighted by atomic mass is 10.0. The monoisotopic (exact) mass is 306 g/mol. The predicted octanol–water partition coefficient (Wildman–Crippen LogP) is -0.592. The third kappa shape index (κ3) is 3.03. The molecule has 0 bridgehead atoms. The minimum Gasteiger partial charge on any atom is -0.394 e. The summed E-state index contributed by atoms with van der Waals surface area (Å²) < 4.78 is 0.558. The van der Waals surface area contributed by atoms with Gasteiger partial charge in [-0.1, -0.05) is 0 Å². The summed E-state index contributed by atoms with van der Waals surface area (Å²) in [5.41, 5.74) is -1.22. The maximum Gasteiger partial charge on any atom is 0.146 e. The molecule has 0 saturated heterocycles. The van der Waals surface area contributed by atoms with Crippen molar-refractivity contribution in [2.75, 3.05) is 37.5 Å². The van der Waals surface area contributed by atoms with Gasteiger partial charge in [-0.05, 0) is 15.9 Å². The van der Waals surface area contributed by atoms with Crippen LogP contribution in [0.5, 0.6) is 0 Å². The maximum atomic E-state index is 9.20. The highest BCUT2D eigenvalue weighted by molar-refractivity contribution is 9.10. The molecule has 1 aromatic rings. The van der Waals surface area contributed by atoms with E-state index in [0.717, 1.165) is 0 Å². The van der Waals surface area contributed by atoms with Gasteiger partial charge in [0.1, 0.15) is 28.0 Å². The Kier molecular flexibility index (Phi) is 5.06. The van der Waals surface area contributed by atoms with Crippen LogP contribution in [0.1, 0.15) is 0 Å². The number of hydrogen-bond acceptors (Lipinski definition) is 7. The van der Waals surface area contributed by atoms with Gasteiger partial charge < -0.3 is 26.0 Å². The molecule has 1 aromatic heterocycles. The van der Waals surface area contributed by atoms with Crippen LogP contribution in [-0.4, -0.2) is 57.7 Å². The smallest absolute Gasteiger partial charge is 0.146 e. The zero-order valence-electron chi connectivity index (χ0n) is 9.31. The molecular formula is C9H15BrN4O3. The van der Waals surface area contributed by atoms with Gasteiger partial charge in [-0.25, -0.2) is 9.97 Å². The van der Waals surface area contributed by atoms with Gasteiger partial charge in [0.2, 0.25) is 0 Å². The quantitative estimate of drug-likeness (QED) is 0.478. The summed E-state index contributed by atoms with van der Waals surface area (Å²) in [6.07, 6.45) is 1.33. The lowest BCUT2D eigenvalue weighted by Crippen LogP contribution is -2.49. The van der Waals surface area contributed by atoms with Crippen LogP contribution in [0.4, 0.5) is 11.6 Å². The maximum absolute atomic E-state index is 9.20. The summed E-state index contributed by atoms with van der Waals surface area (Å²) in [4.78, 5) is 7.94. The van der Waals surface area contributed by atoms with E-state index in [1.54, 1.807) is 7.05 Å². The average molecular weight is 307 g/mol. The lowest BCUT2D eigenvalue weighted by molar-refractivity contribution is 0.0830. The highest BCUT2D eigenvalue weighted by Crippen LogP contribution is 2.28. The number of nitrogens with zero attached hydrogens (tertiary/aromatic N) is 2. The molecule has 8 heteroatoms. The Morgan fingerprint density at radius 3 is 2.18 bits per heavy atom. The first-order valence-electron chi connectivity index (χ1n) is 4.91. The second-order valence-corrected chi connectivity index (χ2v) is 4.31. The molecule has 0 radical (unpaired) electrons. The van der Waals surface area contributed by atoms with Crippen molar-refractivity contribution in [3.05, 3.63) is 10.8 Å². The van der Waals surface area contributed by atoms with Gasteiger partial charge in [0.15, 0.2) is 0 Å². The first-order chi connectivity index (χ1) is 8.12. The minimum atomic E-state index is -1.22. The Hall–Kier alpha value is -0.960. The van der Waals surface area contributed by atoms with Gasteiger partial charge in [0.25, 0.3) is 0 Å². The Bertz CT molecular complexity index is 365. The molecule has 0 aromatic carbocycles. The molecule has 1 rings (SSSR count). The fraction of sp³-hybridized carbons (Fsp3) is 0.556. The van der Waals surface area contributed by atoms with E-state index in [-0.39, 0.29) is 0 Å². The highest BCUT2D eigenvalue weighted by Gasteiger charge is 2.29. The predicted molar refractivity (Wildman–Crippen MR) is 66.9 cm³/mol. The second kappa shape index (κ2) is 6.10. The van der Waals surface area contributed by atoms with Crippen molar-refractivity contribution in [1.82, 2.24) is 9.97 Å². The zero-order chi connectivity index (χ0) is 12.9. The van der Waals surface area contributed by atoms with Gasteiger partial charge >= 0.3 is 0 Å². The molecule has 0 atom stereocenters. The molecule has 7 nitrogen and oxygen atoms in total. The van der Waals surface area contributed by atoms with Gasteiger partial charge in [-0.3, -0.25) is 0 Å². The standard InChI is InChI=1S/C9H15BrN4O3/c1-11-7-6(10)8(13-5-12-7)14-9(2-15,3-16)4-17/h5,15-17H,2-4H2,1H3,(H2,11,12,13,14). The minimum absolute atomic E-state index is 0.376.